The van der Waals surface area contributed by atoms with E-state index >= 15 is 0 Å². The van der Waals surface area contributed by atoms with E-state index in [1.54, 1.807) is 13.0 Å². The first-order valence-corrected chi connectivity index (χ1v) is 15.1. The number of ketones is 1. The summed E-state index contributed by atoms with van der Waals surface area (Å²) in [5.41, 5.74) is -3.69. The van der Waals surface area contributed by atoms with Crippen LogP contribution in [0.3, 0.4) is 0 Å². The molecule has 5 heterocycles. The van der Waals surface area contributed by atoms with Crippen LogP contribution in [0, 0.1) is 35.0 Å². The average molecular weight is 589 g/mol. The number of Topliss-reactive ketones (excluding diaryl/α,β-unsaturated/α-hetero) is 1. The highest BCUT2D eigenvalue weighted by molar-refractivity contribution is 5.93. The van der Waals surface area contributed by atoms with Gasteiger partial charge in [0, 0.05) is 30.3 Å². The molecular weight excluding hydrogens is 548 g/mol. The summed E-state index contributed by atoms with van der Waals surface area (Å²) in [6.07, 6.45) is -0.441. The van der Waals surface area contributed by atoms with Crippen LogP contribution in [0.1, 0.15) is 73.6 Å². The fraction of sp³-hybridized carbons (Fsp3) is 0.806. The van der Waals surface area contributed by atoms with Crippen molar-refractivity contribution < 1.29 is 53.1 Å². The number of carbonyl (C=O) groups excluding carboxylic acids is 4. The fourth-order valence-electron chi connectivity index (χ4n) is 10.4. The third-order valence-electron chi connectivity index (χ3n) is 12.1. The first-order chi connectivity index (χ1) is 19.5. The Balaban J connectivity index is 1.24. The molecule has 11 nitrogen and oxygen atoms in total. The molecule has 0 aromatic rings. The average Bonchev–Trinajstić information content (AvgIpc) is 2.99. The van der Waals surface area contributed by atoms with Gasteiger partial charge in [0.15, 0.2) is 17.5 Å². The molecule has 0 aromatic heterocycles. The molecule has 230 valence electrons. The maximum absolute atomic E-state index is 14.3. The fourth-order valence-corrected chi connectivity index (χ4v) is 10.4. The Morgan fingerprint density at radius 2 is 1.86 bits per heavy atom. The number of cyclic esters (lactones) is 1. The Morgan fingerprint density at radius 3 is 2.50 bits per heavy atom. The van der Waals surface area contributed by atoms with Crippen molar-refractivity contribution in [2.75, 3.05) is 0 Å². The van der Waals surface area contributed by atoms with Gasteiger partial charge in [-0.25, -0.2) is 4.79 Å². The molecule has 2 saturated carbocycles. The van der Waals surface area contributed by atoms with E-state index in [9.17, 15) is 29.4 Å². The first kappa shape index (κ1) is 28.4. The van der Waals surface area contributed by atoms with Crippen LogP contribution in [0.15, 0.2) is 11.6 Å². The molecule has 7 aliphatic rings. The molecule has 0 unspecified atom stereocenters. The van der Waals surface area contributed by atoms with Gasteiger partial charge in [0.2, 0.25) is 5.79 Å². The van der Waals surface area contributed by atoms with Crippen molar-refractivity contribution >= 4 is 23.7 Å². The van der Waals surface area contributed by atoms with Gasteiger partial charge < -0.3 is 33.9 Å². The summed E-state index contributed by atoms with van der Waals surface area (Å²) in [7, 11) is 0. The zero-order valence-corrected chi connectivity index (χ0v) is 24.9. The van der Waals surface area contributed by atoms with E-state index in [1.165, 1.54) is 6.92 Å². The number of hydrogen-bond acceptors (Lipinski definition) is 11. The molecule has 4 saturated heterocycles. The lowest BCUT2D eigenvalue weighted by atomic mass is 9.67. The normalized spacial score (nSPS) is 51.1. The second-order valence-corrected chi connectivity index (χ2v) is 14.6. The predicted octanol–water partition coefficient (Wildman–Crippen LogP) is 1.75. The molecule has 2 bridgehead atoms. The van der Waals surface area contributed by atoms with Crippen LogP contribution in [0.25, 0.3) is 0 Å². The minimum absolute atomic E-state index is 0.00702. The topological polar surface area (TPSA) is 155 Å². The molecule has 2 N–H and O–H groups in total. The van der Waals surface area contributed by atoms with E-state index in [1.807, 2.05) is 27.7 Å². The maximum Gasteiger partial charge on any atom is 0.334 e. The highest BCUT2D eigenvalue weighted by atomic mass is 16.7. The summed E-state index contributed by atoms with van der Waals surface area (Å²) in [4.78, 5) is 51.2. The Morgan fingerprint density at radius 1 is 1.14 bits per heavy atom. The smallest absolute Gasteiger partial charge is 0.334 e. The molecule has 6 fully saturated rings. The summed E-state index contributed by atoms with van der Waals surface area (Å²) >= 11 is 0. The SMILES string of the molecule is CC(=O)O[C@@H]([C@@H](C)[C@H]1[C@H]2[C@]1(C)CC[C@@]13O[C@]2(O)C(=O)[C@@H]1CC[C@H]1C(C)(C)O[C@@H]2CC(=O)O[C@@]21[C@H]3O)[C@@H]1C=C(C)C(=O)O1. The van der Waals surface area contributed by atoms with Crippen molar-refractivity contribution in [3.05, 3.63) is 11.6 Å². The van der Waals surface area contributed by atoms with Crippen molar-refractivity contribution in [1.29, 1.82) is 0 Å². The van der Waals surface area contributed by atoms with E-state index in [0.717, 1.165) is 0 Å². The molecule has 7 rings (SSSR count). The maximum atomic E-state index is 14.3. The molecule has 2 spiro atoms. The highest BCUT2D eigenvalue weighted by Gasteiger charge is 2.85. The molecule has 0 radical (unpaired) electrons. The van der Waals surface area contributed by atoms with Gasteiger partial charge in [-0.1, -0.05) is 13.8 Å². The lowest BCUT2D eigenvalue weighted by Gasteiger charge is -2.45. The number of hydrogen-bond donors (Lipinski definition) is 2. The third-order valence-corrected chi connectivity index (χ3v) is 12.1. The number of aliphatic hydroxyl groups is 2. The summed E-state index contributed by atoms with van der Waals surface area (Å²) < 4.78 is 30.0. The van der Waals surface area contributed by atoms with Crippen molar-refractivity contribution in [1.82, 2.24) is 0 Å². The molecule has 2 aliphatic carbocycles. The van der Waals surface area contributed by atoms with Gasteiger partial charge in [0.1, 0.15) is 23.9 Å². The molecule has 0 amide bonds. The molecular formula is C31H40O11. The van der Waals surface area contributed by atoms with Gasteiger partial charge >= 0.3 is 17.9 Å². The van der Waals surface area contributed by atoms with Gasteiger partial charge in [-0.3, -0.25) is 14.4 Å². The van der Waals surface area contributed by atoms with Crippen molar-refractivity contribution in [3.63, 3.8) is 0 Å². The second-order valence-electron chi connectivity index (χ2n) is 14.6. The zero-order chi connectivity index (χ0) is 30.4. The van der Waals surface area contributed by atoms with Gasteiger partial charge in [0.05, 0.1) is 17.9 Å². The second kappa shape index (κ2) is 8.43. The summed E-state index contributed by atoms with van der Waals surface area (Å²) in [6.45, 7) is 10.6. The van der Waals surface area contributed by atoms with Gasteiger partial charge in [-0.2, -0.15) is 0 Å². The molecule has 13 atom stereocenters. The number of ether oxygens (including phenoxy) is 5. The third kappa shape index (κ3) is 3.31. The lowest BCUT2D eigenvalue weighted by Crippen LogP contribution is -2.63. The minimum atomic E-state index is -2.19. The van der Waals surface area contributed by atoms with Gasteiger partial charge in [0.25, 0.3) is 0 Å². The van der Waals surface area contributed by atoms with Crippen LogP contribution in [-0.4, -0.2) is 80.9 Å². The minimum Gasteiger partial charge on any atom is -0.458 e. The summed E-state index contributed by atoms with van der Waals surface area (Å²) in [5.74, 6) is -6.61. The summed E-state index contributed by atoms with van der Waals surface area (Å²) in [6, 6.07) is 0. The Hall–Kier alpha value is -2.34. The standard InChI is InChI=1S/C31H40O11/c1-13-11-17(39-25(13)35)22(38-15(3)32)14(2)21-23-28(21,6)9-10-29-16(24(34)31(23,37)42-29)7-8-18-27(4,5)40-19-12-20(33)41-30(18,19)26(29)36/h11,14,16-19,21-23,26,36-37H,7-10,12H2,1-6H3/t14-,16-,17-,18-,19+,21-,22-,23-,26-,28+,29+,30+,31-/m0/s1. The van der Waals surface area contributed by atoms with Gasteiger partial charge in [-0.15, -0.1) is 0 Å². The Labute approximate surface area is 244 Å². The first-order valence-electron chi connectivity index (χ1n) is 15.1. The van der Waals surface area contributed by atoms with Crippen molar-refractivity contribution in [2.24, 2.45) is 35.0 Å². The zero-order valence-electron chi connectivity index (χ0n) is 24.9. The predicted molar refractivity (Wildman–Crippen MR) is 141 cm³/mol. The van der Waals surface area contributed by atoms with Crippen molar-refractivity contribution in [3.8, 4) is 0 Å². The van der Waals surface area contributed by atoms with Crippen LogP contribution in [-0.2, 0) is 42.9 Å². The number of esters is 3. The lowest BCUT2D eigenvalue weighted by molar-refractivity contribution is -0.276. The number of fused-ring (bicyclic) bond motifs is 3. The molecule has 5 aliphatic heterocycles. The largest absolute Gasteiger partial charge is 0.458 e. The van der Waals surface area contributed by atoms with E-state index in [4.69, 9.17) is 23.7 Å². The van der Waals surface area contributed by atoms with Crippen LogP contribution < -0.4 is 0 Å². The molecule has 42 heavy (non-hydrogen) atoms. The summed E-state index contributed by atoms with van der Waals surface area (Å²) in [5, 5.41) is 24.5. The number of aliphatic hydroxyl groups excluding tert-OH is 1. The molecule has 0 aromatic carbocycles. The van der Waals surface area contributed by atoms with Crippen LogP contribution in [0.5, 0.6) is 0 Å². The molecule has 11 heteroatoms. The van der Waals surface area contributed by atoms with E-state index in [0.29, 0.717) is 24.8 Å². The van der Waals surface area contributed by atoms with Gasteiger partial charge in [-0.05, 0) is 63.9 Å². The van der Waals surface area contributed by atoms with E-state index in [2.05, 4.69) is 0 Å². The van der Waals surface area contributed by atoms with E-state index in [-0.39, 0.29) is 24.7 Å². The highest BCUT2D eigenvalue weighted by Crippen LogP contribution is 2.76. The number of carbonyl (C=O) groups is 4. The van der Waals surface area contributed by atoms with Crippen LogP contribution in [0.2, 0.25) is 0 Å². The van der Waals surface area contributed by atoms with Crippen molar-refractivity contribution in [2.45, 2.75) is 121 Å². The Kier molecular flexibility index (Phi) is 5.71. The van der Waals surface area contributed by atoms with E-state index < -0.39 is 93.9 Å². The van der Waals surface area contributed by atoms with Crippen LogP contribution in [0.4, 0.5) is 0 Å². The van der Waals surface area contributed by atoms with Crippen LogP contribution >= 0.6 is 0 Å². The number of rotatable bonds is 4. The Bertz CT molecular complexity index is 1320. The monoisotopic (exact) mass is 588 g/mol. The quantitative estimate of drug-likeness (QED) is 0.365.